The first-order valence-electron chi connectivity index (χ1n) is 2.00. The van der Waals surface area contributed by atoms with Gasteiger partial charge in [0, 0.05) is 6.54 Å². The van der Waals surface area contributed by atoms with Gasteiger partial charge in [0.05, 0.1) is 6.61 Å². The molecule has 0 fully saturated rings. The van der Waals surface area contributed by atoms with E-state index in [1.807, 2.05) is 0 Å². The molecule has 0 radical (unpaired) electrons. The summed E-state index contributed by atoms with van der Waals surface area (Å²) in [5.41, 5.74) is 9.76. The lowest BCUT2D eigenvalue weighted by atomic mass is 10.8. The third-order valence-electron chi connectivity index (χ3n) is 0.330. The lowest BCUT2D eigenvalue weighted by Gasteiger charge is -2.00. The monoisotopic (exact) mass is 140 g/mol. The first-order valence-corrected chi connectivity index (χ1v) is 3.29. The average molecular weight is 140 g/mol. The molecule has 0 saturated carbocycles. The second-order valence-electron chi connectivity index (χ2n) is 0.988. The van der Waals surface area contributed by atoms with Crippen molar-refractivity contribution in [2.45, 2.75) is 0 Å². The van der Waals surface area contributed by atoms with E-state index < -0.39 is 8.53 Å². The normalized spacial score (nSPS) is 13.9. The molecule has 6 heteroatoms. The molecule has 5 nitrogen and oxygen atoms in total. The number of hydrogen-bond acceptors (Lipinski definition) is 5. The van der Waals surface area contributed by atoms with Crippen molar-refractivity contribution < 1.29 is 14.5 Å². The smallest absolute Gasteiger partial charge is 0.283 e. The molecule has 0 amide bonds. The molecule has 0 aromatic rings. The van der Waals surface area contributed by atoms with Crippen LogP contribution < -0.4 is 11.2 Å². The van der Waals surface area contributed by atoms with Crippen molar-refractivity contribution in [3.8, 4) is 0 Å². The molecule has 0 aromatic heterocycles. The van der Waals surface area contributed by atoms with Crippen LogP contribution in [0.25, 0.3) is 0 Å². The maximum Gasteiger partial charge on any atom is 0.283 e. The summed E-state index contributed by atoms with van der Waals surface area (Å²) in [5.74, 6) is 0. The van der Waals surface area contributed by atoms with Gasteiger partial charge in [0.1, 0.15) is 0 Å². The third-order valence-corrected chi connectivity index (χ3v) is 0.588. The lowest BCUT2D eigenvalue weighted by molar-refractivity contribution is -0.202. The zero-order chi connectivity index (χ0) is 6.41. The van der Waals surface area contributed by atoms with Gasteiger partial charge in [-0.15, -0.1) is 0 Å². The fourth-order valence-electron chi connectivity index (χ4n) is 0.139. The van der Waals surface area contributed by atoms with E-state index in [0.717, 1.165) is 0 Å². The predicted octanol–water partition coefficient (Wildman–Crippen LogP) is -0.929. The average Bonchev–Trinajstić information content (AvgIpc) is 1.66. The lowest BCUT2D eigenvalue weighted by Crippen LogP contribution is -2.08. The number of rotatable bonds is 4. The summed E-state index contributed by atoms with van der Waals surface area (Å²) in [5, 5.41) is 0. The van der Waals surface area contributed by atoms with Gasteiger partial charge >= 0.3 is 0 Å². The first kappa shape index (κ1) is 8.23. The SMILES string of the molecule is NCCOOP(N)O. The molecule has 1 atom stereocenters. The highest BCUT2D eigenvalue weighted by molar-refractivity contribution is 7.43. The van der Waals surface area contributed by atoms with Gasteiger partial charge in [-0.25, -0.2) is 4.89 Å². The summed E-state index contributed by atoms with van der Waals surface area (Å²) in [6, 6.07) is 0. The molecule has 0 rings (SSSR count). The largest absolute Gasteiger partial charge is 0.336 e. The Balaban J connectivity index is 2.72. The van der Waals surface area contributed by atoms with Crippen LogP contribution in [0.5, 0.6) is 0 Å². The summed E-state index contributed by atoms with van der Waals surface area (Å²) in [7, 11) is -1.89. The van der Waals surface area contributed by atoms with E-state index in [-0.39, 0.29) is 6.61 Å². The van der Waals surface area contributed by atoms with Crippen molar-refractivity contribution >= 4 is 8.53 Å². The van der Waals surface area contributed by atoms with Gasteiger partial charge in [-0.2, -0.15) is 4.67 Å². The maximum absolute atomic E-state index is 8.23. The molecule has 8 heavy (non-hydrogen) atoms. The first-order chi connectivity index (χ1) is 3.77. The number of hydrogen-bond donors (Lipinski definition) is 3. The van der Waals surface area contributed by atoms with Gasteiger partial charge in [0.2, 0.25) is 0 Å². The second kappa shape index (κ2) is 5.37. The van der Waals surface area contributed by atoms with Crippen molar-refractivity contribution in [1.29, 1.82) is 0 Å². The van der Waals surface area contributed by atoms with Gasteiger partial charge in [-0.05, 0) is 0 Å². The van der Waals surface area contributed by atoms with Crippen LogP contribution in [-0.2, 0) is 9.56 Å². The third kappa shape index (κ3) is 6.23. The van der Waals surface area contributed by atoms with Crippen LogP contribution in [0.15, 0.2) is 0 Å². The minimum atomic E-state index is -1.89. The quantitative estimate of drug-likeness (QED) is 0.203. The van der Waals surface area contributed by atoms with E-state index in [4.69, 9.17) is 16.1 Å². The van der Waals surface area contributed by atoms with Crippen molar-refractivity contribution in [2.24, 2.45) is 11.2 Å². The molecule has 0 heterocycles. The summed E-state index contributed by atoms with van der Waals surface area (Å²) in [4.78, 5) is 12.5. The molecule has 0 aliphatic heterocycles. The predicted molar refractivity (Wildman–Crippen MR) is 29.4 cm³/mol. The van der Waals surface area contributed by atoms with Crippen LogP contribution in [-0.4, -0.2) is 18.0 Å². The minimum Gasteiger partial charge on any atom is -0.336 e. The van der Waals surface area contributed by atoms with Crippen LogP contribution in [0.4, 0.5) is 0 Å². The van der Waals surface area contributed by atoms with Crippen LogP contribution in [0, 0.1) is 0 Å². The molecule has 5 N–H and O–H groups in total. The molecule has 0 saturated heterocycles. The van der Waals surface area contributed by atoms with E-state index in [0.29, 0.717) is 6.54 Å². The zero-order valence-electron chi connectivity index (χ0n) is 4.28. The maximum atomic E-state index is 8.23. The summed E-state index contributed by atoms with van der Waals surface area (Å²) in [6.45, 7) is 0.597. The Bertz CT molecular complexity index is 52.5. The highest BCUT2D eigenvalue weighted by Crippen LogP contribution is 2.18. The standard InChI is InChI=1S/C2H9N2O3P/c3-1-2-6-7-8(4)5/h5H,1-4H2. The van der Waals surface area contributed by atoms with Crippen LogP contribution in [0.3, 0.4) is 0 Å². The Hall–Kier alpha value is 0.230. The molecule has 0 aliphatic rings. The molecule has 0 spiro atoms. The Kier molecular flexibility index (Phi) is 5.52. The molecule has 50 valence electrons. The topological polar surface area (TPSA) is 90.7 Å². The fourth-order valence-corrected chi connectivity index (χ4v) is 0.322. The van der Waals surface area contributed by atoms with E-state index >= 15 is 0 Å². The molecular weight excluding hydrogens is 131 g/mol. The summed E-state index contributed by atoms with van der Waals surface area (Å²) in [6.07, 6.45) is 0. The van der Waals surface area contributed by atoms with Gasteiger partial charge < -0.3 is 10.6 Å². The number of nitrogens with two attached hydrogens (primary N) is 2. The Labute approximate surface area is 48.5 Å². The summed E-state index contributed by atoms with van der Waals surface area (Å²) < 4.78 is 4.10. The zero-order valence-corrected chi connectivity index (χ0v) is 5.17. The highest BCUT2D eigenvalue weighted by Gasteiger charge is 1.94. The fraction of sp³-hybridized carbons (Fsp3) is 1.00. The van der Waals surface area contributed by atoms with Gasteiger partial charge in [0.25, 0.3) is 8.53 Å². The van der Waals surface area contributed by atoms with Gasteiger partial charge in [-0.3, -0.25) is 5.50 Å². The van der Waals surface area contributed by atoms with E-state index in [1.54, 1.807) is 0 Å². The summed E-state index contributed by atoms with van der Waals surface area (Å²) >= 11 is 0. The second-order valence-corrected chi connectivity index (χ2v) is 1.74. The Morgan fingerprint density at radius 3 is 2.62 bits per heavy atom. The van der Waals surface area contributed by atoms with E-state index in [1.165, 1.54) is 0 Å². The highest BCUT2D eigenvalue weighted by atomic mass is 31.2. The van der Waals surface area contributed by atoms with Crippen LogP contribution in [0.1, 0.15) is 0 Å². The molecular formula is C2H9N2O3P. The Morgan fingerprint density at radius 1 is 1.62 bits per heavy atom. The van der Waals surface area contributed by atoms with Crippen molar-refractivity contribution in [1.82, 2.24) is 0 Å². The van der Waals surface area contributed by atoms with Crippen molar-refractivity contribution in [3.05, 3.63) is 0 Å². The van der Waals surface area contributed by atoms with Crippen LogP contribution >= 0.6 is 8.53 Å². The van der Waals surface area contributed by atoms with Gasteiger partial charge in [0.15, 0.2) is 0 Å². The van der Waals surface area contributed by atoms with Crippen molar-refractivity contribution in [3.63, 3.8) is 0 Å². The molecule has 0 bridgehead atoms. The molecule has 0 aliphatic carbocycles. The van der Waals surface area contributed by atoms with Gasteiger partial charge in [-0.1, -0.05) is 0 Å². The van der Waals surface area contributed by atoms with Crippen molar-refractivity contribution in [2.75, 3.05) is 13.2 Å². The molecule has 0 aromatic carbocycles. The molecule has 1 unspecified atom stereocenters. The van der Waals surface area contributed by atoms with E-state index in [9.17, 15) is 0 Å². The minimum absolute atomic E-state index is 0.247. The Morgan fingerprint density at radius 2 is 2.25 bits per heavy atom. The van der Waals surface area contributed by atoms with Crippen LogP contribution in [0.2, 0.25) is 0 Å². The van der Waals surface area contributed by atoms with E-state index in [2.05, 4.69) is 9.56 Å².